The van der Waals surface area contributed by atoms with Crippen LogP contribution in [-0.2, 0) is 4.74 Å². The van der Waals surface area contributed by atoms with Gasteiger partial charge in [0.25, 0.3) is 5.89 Å². The standard InChI is InChI=1S/C15H13N3O2/c16-8-9-2-1-3-10(6-9)15-17-14(18-20-15)12-7-11-4-5-13(12)19-11/h1-3,6,11-13H,4-5,7H2. The maximum atomic E-state index is 8.93. The van der Waals surface area contributed by atoms with E-state index in [2.05, 4.69) is 16.2 Å². The molecule has 4 rings (SSSR count). The molecule has 0 spiro atoms. The van der Waals surface area contributed by atoms with Crippen LogP contribution in [-0.4, -0.2) is 22.3 Å². The third-order valence-corrected chi connectivity index (χ3v) is 4.12. The molecule has 100 valence electrons. The first-order valence-electron chi connectivity index (χ1n) is 6.83. The Kier molecular flexibility index (Phi) is 2.57. The van der Waals surface area contributed by atoms with Gasteiger partial charge in [-0.25, -0.2) is 0 Å². The molecular formula is C15H13N3O2. The van der Waals surface area contributed by atoms with Gasteiger partial charge < -0.3 is 9.26 Å². The average molecular weight is 267 g/mol. The third-order valence-electron chi connectivity index (χ3n) is 4.12. The van der Waals surface area contributed by atoms with Crippen molar-refractivity contribution in [3.63, 3.8) is 0 Å². The fourth-order valence-electron chi connectivity index (χ4n) is 3.13. The van der Waals surface area contributed by atoms with Crippen LogP contribution in [0.15, 0.2) is 28.8 Å². The van der Waals surface area contributed by atoms with Gasteiger partial charge in [-0.1, -0.05) is 11.2 Å². The van der Waals surface area contributed by atoms with Crippen molar-refractivity contribution in [3.8, 4) is 17.5 Å². The molecule has 3 atom stereocenters. The Morgan fingerprint density at radius 3 is 3.00 bits per heavy atom. The highest BCUT2D eigenvalue weighted by Gasteiger charge is 2.43. The number of aromatic nitrogens is 2. The molecule has 0 amide bonds. The van der Waals surface area contributed by atoms with Crippen LogP contribution < -0.4 is 0 Å². The zero-order chi connectivity index (χ0) is 13.5. The molecule has 20 heavy (non-hydrogen) atoms. The van der Waals surface area contributed by atoms with Gasteiger partial charge in [-0.15, -0.1) is 0 Å². The van der Waals surface area contributed by atoms with E-state index in [1.807, 2.05) is 12.1 Å². The van der Waals surface area contributed by atoms with Crippen molar-refractivity contribution in [2.24, 2.45) is 0 Å². The normalized spacial score (nSPS) is 27.6. The van der Waals surface area contributed by atoms with Gasteiger partial charge in [-0.05, 0) is 37.5 Å². The van der Waals surface area contributed by atoms with Crippen LogP contribution in [0.25, 0.3) is 11.5 Å². The Bertz CT molecular complexity index is 688. The van der Waals surface area contributed by atoms with Crippen LogP contribution in [0.3, 0.4) is 0 Å². The van der Waals surface area contributed by atoms with E-state index >= 15 is 0 Å². The lowest BCUT2D eigenvalue weighted by atomic mass is 9.89. The number of fused-ring (bicyclic) bond motifs is 2. The largest absolute Gasteiger partial charge is 0.374 e. The molecule has 0 aliphatic carbocycles. The Hall–Kier alpha value is -2.19. The molecule has 2 fully saturated rings. The Morgan fingerprint density at radius 2 is 2.25 bits per heavy atom. The summed E-state index contributed by atoms with van der Waals surface area (Å²) in [4.78, 5) is 4.49. The topological polar surface area (TPSA) is 71.9 Å². The summed E-state index contributed by atoms with van der Waals surface area (Å²) >= 11 is 0. The lowest BCUT2D eigenvalue weighted by Gasteiger charge is -2.13. The maximum absolute atomic E-state index is 8.93. The van der Waals surface area contributed by atoms with Crippen molar-refractivity contribution in [3.05, 3.63) is 35.7 Å². The molecule has 2 aliphatic rings. The molecule has 5 heteroatoms. The van der Waals surface area contributed by atoms with Gasteiger partial charge in [0.1, 0.15) is 0 Å². The van der Waals surface area contributed by atoms with Crippen LogP contribution in [0.5, 0.6) is 0 Å². The van der Waals surface area contributed by atoms with E-state index in [4.69, 9.17) is 14.5 Å². The highest BCUT2D eigenvalue weighted by Crippen LogP contribution is 2.43. The first-order valence-corrected chi connectivity index (χ1v) is 6.83. The summed E-state index contributed by atoms with van der Waals surface area (Å²) in [5.41, 5.74) is 1.37. The van der Waals surface area contributed by atoms with E-state index in [1.54, 1.807) is 12.1 Å². The molecule has 3 unspecified atom stereocenters. The third kappa shape index (κ3) is 1.81. The SMILES string of the molecule is N#Cc1cccc(-c2nc(C3CC4CCC3O4)no2)c1. The molecule has 1 aromatic carbocycles. The minimum absolute atomic E-state index is 0.246. The van der Waals surface area contributed by atoms with Crippen LogP contribution in [0.1, 0.15) is 36.6 Å². The van der Waals surface area contributed by atoms with E-state index in [9.17, 15) is 0 Å². The fourth-order valence-corrected chi connectivity index (χ4v) is 3.13. The van der Waals surface area contributed by atoms with Gasteiger partial charge >= 0.3 is 0 Å². The number of hydrogen-bond acceptors (Lipinski definition) is 5. The summed E-state index contributed by atoms with van der Waals surface area (Å²) in [6.45, 7) is 0. The monoisotopic (exact) mass is 267 g/mol. The van der Waals surface area contributed by atoms with E-state index in [0.717, 1.165) is 30.7 Å². The van der Waals surface area contributed by atoms with Crippen LogP contribution in [0.4, 0.5) is 0 Å². The second kappa shape index (κ2) is 4.43. The molecule has 5 nitrogen and oxygen atoms in total. The van der Waals surface area contributed by atoms with Crippen molar-refractivity contribution >= 4 is 0 Å². The molecule has 1 aromatic heterocycles. The van der Waals surface area contributed by atoms with E-state index in [-0.39, 0.29) is 12.0 Å². The summed E-state index contributed by atoms with van der Waals surface area (Å²) in [6.07, 6.45) is 3.84. The summed E-state index contributed by atoms with van der Waals surface area (Å²) in [5.74, 6) is 1.46. The fraction of sp³-hybridized carbons (Fsp3) is 0.400. The predicted molar refractivity (Wildman–Crippen MR) is 69.7 cm³/mol. The molecule has 2 aliphatic heterocycles. The molecule has 3 heterocycles. The average Bonchev–Trinajstić information content (AvgIpc) is 3.22. The van der Waals surface area contributed by atoms with E-state index in [0.29, 0.717) is 17.6 Å². The van der Waals surface area contributed by atoms with Crippen LogP contribution in [0, 0.1) is 11.3 Å². The van der Waals surface area contributed by atoms with Gasteiger partial charge in [0.05, 0.1) is 29.8 Å². The maximum Gasteiger partial charge on any atom is 0.257 e. The summed E-state index contributed by atoms with van der Waals surface area (Å²) in [6, 6.07) is 9.31. The summed E-state index contributed by atoms with van der Waals surface area (Å²) in [5, 5.41) is 13.0. The van der Waals surface area contributed by atoms with Crippen LogP contribution in [0.2, 0.25) is 0 Å². The highest BCUT2D eigenvalue weighted by molar-refractivity contribution is 5.56. The van der Waals surface area contributed by atoms with Gasteiger partial charge in [-0.3, -0.25) is 0 Å². The summed E-state index contributed by atoms with van der Waals surface area (Å²) in [7, 11) is 0. The second-order valence-corrected chi connectivity index (χ2v) is 5.37. The Morgan fingerprint density at radius 1 is 1.30 bits per heavy atom. The van der Waals surface area contributed by atoms with Gasteiger partial charge in [0.2, 0.25) is 0 Å². The summed E-state index contributed by atoms with van der Waals surface area (Å²) < 4.78 is 11.2. The first-order chi connectivity index (χ1) is 9.83. The van der Waals surface area contributed by atoms with Gasteiger partial charge in [0.15, 0.2) is 5.82 Å². The van der Waals surface area contributed by atoms with Gasteiger partial charge in [-0.2, -0.15) is 10.2 Å². The zero-order valence-electron chi connectivity index (χ0n) is 10.8. The molecule has 2 aromatic rings. The number of nitriles is 1. The van der Waals surface area contributed by atoms with E-state index < -0.39 is 0 Å². The smallest absolute Gasteiger partial charge is 0.257 e. The molecular weight excluding hydrogens is 254 g/mol. The lowest BCUT2D eigenvalue weighted by molar-refractivity contribution is 0.0996. The van der Waals surface area contributed by atoms with Crippen LogP contribution >= 0.6 is 0 Å². The minimum Gasteiger partial charge on any atom is -0.374 e. The number of rotatable bonds is 2. The van der Waals surface area contributed by atoms with E-state index in [1.165, 1.54) is 0 Å². The Labute approximate surface area is 116 Å². The van der Waals surface area contributed by atoms with Gasteiger partial charge in [0, 0.05) is 5.56 Å². The minimum atomic E-state index is 0.246. The number of nitrogens with zero attached hydrogens (tertiary/aromatic N) is 3. The molecule has 0 saturated carbocycles. The highest BCUT2D eigenvalue weighted by atomic mass is 16.5. The Balaban J connectivity index is 1.63. The predicted octanol–water partition coefficient (Wildman–Crippen LogP) is 2.64. The molecule has 0 N–H and O–H groups in total. The van der Waals surface area contributed by atoms with Crippen molar-refractivity contribution in [1.29, 1.82) is 5.26 Å². The lowest BCUT2D eigenvalue weighted by Crippen LogP contribution is -2.15. The van der Waals surface area contributed by atoms with Crippen molar-refractivity contribution in [2.75, 3.05) is 0 Å². The number of ether oxygens (including phenoxy) is 1. The van der Waals surface area contributed by atoms with Crippen molar-refractivity contribution < 1.29 is 9.26 Å². The molecule has 2 saturated heterocycles. The molecule has 2 bridgehead atoms. The number of hydrogen-bond donors (Lipinski definition) is 0. The quantitative estimate of drug-likeness (QED) is 0.836. The zero-order valence-corrected chi connectivity index (χ0v) is 10.8. The first kappa shape index (κ1) is 11.6. The second-order valence-electron chi connectivity index (χ2n) is 5.37. The van der Waals surface area contributed by atoms with Crippen molar-refractivity contribution in [1.82, 2.24) is 10.1 Å². The van der Waals surface area contributed by atoms with Crippen molar-refractivity contribution in [2.45, 2.75) is 37.4 Å². The molecule has 0 radical (unpaired) electrons. The number of benzene rings is 1.